The summed E-state index contributed by atoms with van der Waals surface area (Å²) in [6.07, 6.45) is 1.59. The van der Waals surface area contributed by atoms with Gasteiger partial charge in [-0.2, -0.15) is 0 Å². The minimum absolute atomic E-state index is 0.0762. The van der Waals surface area contributed by atoms with E-state index in [4.69, 9.17) is 9.47 Å². The summed E-state index contributed by atoms with van der Waals surface area (Å²) in [5, 5.41) is 2.77. The summed E-state index contributed by atoms with van der Waals surface area (Å²) in [7, 11) is 0. The van der Waals surface area contributed by atoms with E-state index in [-0.39, 0.29) is 17.6 Å². The van der Waals surface area contributed by atoms with Gasteiger partial charge in [0.05, 0.1) is 18.6 Å². The monoisotopic (exact) mass is 215 g/mol. The van der Waals surface area contributed by atoms with Crippen molar-refractivity contribution in [3.8, 4) is 0 Å². The normalized spacial score (nSPS) is 20.2. The number of alkyl carbamates (subject to hydrolysis) is 1. The predicted octanol–water partition coefficient (Wildman–Crippen LogP) is 1.94. The Kier molecular flexibility index (Phi) is 4.39. The van der Waals surface area contributed by atoms with Gasteiger partial charge >= 0.3 is 6.09 Å². The van der Waals surface area contributed by atoms with Crippen molar-refractivity contribution in [1.82, 2.24) is 5.32 Å². The van der Waals surface area contributed by atoms with Crippen LogP contribution in [0.15, 0.2) is 0 Å². The molecule has 0 aromatic heterocycles. The minimum atomic E-state index is -0.316. The summed E-state index contributed by atoms with van der Waals surface area (Å²) in [5.74, 6) is 0. The summed E-state index contributed by atoms with van der Waals surface area (Å²) in [4.78, 5) is 11.3. The summed E-state index contributed by atoms with van der Waals surface area (Å²) >= 11 is 0. The molecule has 1 N–H and O–H groups in total. The standard InChI is InChI=1S/C11H21NO3/c1-4-9(3)12-10(13)15-8-11(5-2)6-14-7-11/h9H,4-8H2,1-3H3,(H,12,13). The average molecular weight is 215 g/mol. The van der Waals surface area contributed by atoms with Crippen LogP contribution in [0.5, 0.6) is 0 Å². The third-order valence-electron chi connectivity index (χ3n) is 3.05. The highest BCUT2D eigenvalue weighted by atomic mass is 16.6. The second-order valence-corrected chi connectivity index (χ2v) is 4.38. The van der Waals surface area contributed by atoms with Crippen LogP contribution in [0.2, 0.25) is 0 Å². The molecule has 88 valence electrons. The fraction of sp³-hybridized carbons (Fsp3) is 0.909. The van der Waals surface area contributed by atoms with Gasteiger partial charge in [-0.15, -0.1) is 0 Å². The lowest BCUT2D eigenvalue weighted by Gasteiger charge is -2.39. The Morgan fingerprint density at radius 3 is 2.60 bits per heavy atom. The van der Waals surface area contributed by atoms with E-state index in [9.17, 15) is 4.79 Å². The molecule has 0 aromatic rings. The summed E-state index contributed by atoms with van der Waals surface area (Å²) in [6, 6.07) is 0.174. The van der Waals surface area contributed by atoms with Crippen LogP contribution >= 0.6 is 0 Å². The van der Waals surface area contributed by atoms with Crippen LogP contribution in [0, 0.1) is 5.41 Å². The van der Waals surface area contributed by atoms with Crippen LogP contribution in [0.1, 0.15) is 33.6 Å². The zero-order valence-electron chi connectivity index (χ0n) is 9.84. The van der Waals surface area contributed by atoms with E-state index >= 15 is 0 Å². The molecule has 0 aromatic carbocycles. The molecule has 0 bridgehead atoms. The molecular weight excluding hydrogens is 194 g/mol. The zero-order chi connectivity index (χ0) is 11.3. The molecule has 1 aliphatic rings. The van der Waals surface area contributed by atoms with E-state index in [1.54, 1.807) is 0 Å². The number of nitrogens with one attached hydrogen (secondary N) is 1. The molecule has 1 heterocycles. The first kappa shape index (κ1) is 12.3. The summed E-state index contributed by atoms with van der Waals surface area (Å²) in [5.41, 5.74) is 0.0762. The van der Waals surface area contributed by atoms with E-state index in [1.165, 1.54) is 0 Å². The lowest BCUT2D eigenvalue weighted by atomic mass is 9.84. The van der Waals surface area contributed by atoms with Crippen LogP contribution < -0.4 is 5.32 Å². The number of rotatable bonds is 5. The van der Waals surface area contributed by atoms with Crippen LogP contribution in [-0.4, -0.2) is 32.0 Å². The number of hydrogen-bond acceptors (Lipinski definition) is 3. The third kappa shape index (κ3) is 3.38. The third-order valence-corrected chi connectivity index (χ3v) is 3.05. The Balaban J connectivity index is 2.21. The summed E-state index contributed by atoms with van der Waals surface area (Å²) < 4.78 is 10.3. The topological polar surface area (TPSA) is 47.6 Å². The molecule has 0 aliphatic carbocycles. The molecule has 1 saturated heterocycles. The van der Waals surface area contributed by atoms with Gasteiger partial charge < -0.3 is 14.8 Å². The predicted molar refractivity (Wildman–Crippen MR) is 57.8 cm³/mol. The fourth-order valence-electron chi connectivity index (χ4n) is 1.34. The first-order valence-electron chi connectivity index (χ1n) is 5.63. The first-order valence-corrected chi connectivity index (χ1v) is 5.63. The Bertz CT molecular complexity index is 208. The quantitative estimate of drug-likeness (QED) is 0.762. The van der Waals surface area contributed by atoms with Crippen molar-refractivity contribution in [2.45, 2.75) is 39.7 Å². The molecule has 0 saturated carbocycles. The van der Waals surface area contributed by atoms with Gasteiger partial charge in [-0.25, -0.2) is 4.79 Å². The largest absolute Gasteiger partial charge is 0.449 e. The van der Waals surface area contributed by atoms with Crippen LogP contribution in [0.3, 0.4) is 0 Å². The lowest BCUT2D eigenvalue weighted by molar-refractivity contribution is -0.138. The van der Waals surface area contributed by atoms with Gasteiger partial charge in [-0.05, 0) is 19.8 Å². The van der Waals surface area contributed by atoms with Crippen molar-refractivity contribution < 1.29 is 14.3 Å². The molecule has 1 atom stereocenters. The zero-order valence-corrected chi connectivity index (χ0v) is 9.84. The molecular formula is C11H21NO3. The molecule has 1 amide bonds. The van der Waals surface area contributed by atoms with E-state index in [0.29, 0.717) is 19.8 Å². The van der Waals surface area contributed by atoms with E-state index in [0.717, 1.165) is 12.8 Å². The smallest absolute Gasteiger partial charge is 0.407 e. The molecule has 4 nitrogen and oxygen atoms in total. The van der Waals surface area contributed by atoms with Gasteiger partial charge in [-0.1, -0.05) is 13.8 Å². The Labute approximate surface area is 91.3 Å². The minimum Gasteiger partial charge on any atom is -0.449 e. The first-order chi connectivity index (χ1) is 7.12. The van der Waals surface area contributed by atoms with E-state index in [1.807, 2.05) is 13.8 Å². The van der Waals surface area contributed by atoms with Crippen molar-refractivity contribution in [3.05, 3.63) is 0 Å². The number of carbonyl (C=O) groups excluding carboxylic acids is 1. The SMILES string of the molecule is CCC(C)NC(=O)OCC1(CC)COC1. The van der Waals surface area contributed by atoms with Crippen LogP contribution in [-0.2, 0) is 9.47 Å². The van der Waals surface area contributed by atoms with Crippen molar-refractivity contribution in [2.75, 3.05) is 19.8 Å². The molecule has 0 radical (unpaired) electrons. The van der Waals surface area contributed by atoms with Gasteiger partial charge in [0, 0.05) is 6.04 Å². The molecule has 1 unspecified atom stereocenters. The van der Waals surface area contributed by atoms with Crippen LogP contribution in [0.25, 0.3) is 0 Å². The Morgan fingerprint density at radius 2 is 2.20 bits per heavy atom. The second-order valence-electron chi connectivity index (χ2n) is 4.38. The van der Waals surface area contributed by atoms with Gasteiger partial charge in [0.15, 0.2) is 0 Å². The molecule has 1 fully saturated rings. The fourth-order valence-corrected chi connectivity index (χ4v) is 1.34. The van der Waals surface area contributed by atoms with Gasteiger partial charge in [-0.3, -0.25) is 0 Å². The Morgan fingerprint density at radius 1 is 1.53 bits per heavy atom. The second kappa shape index (κ2) is 5.35. The highest BCUT2D eigenvalue weighted by Gasteiger charge is 2.38. The Hall–Kier alpha value is -0.770. The lowest BCUT2D eigenvalue weighted by Crippen LogP contribution is -2.47. The van der Waals surface area contributed by atoms with Crippen molar-refractivity contribution in [2.24, 2.45) is 5.41 Å². The van der Waals surface area contributed by atoms with E-state index in [2.05, 4.69) is 12.2 Å². The molecule has 1 aliphatic heterocycles. The number of ether oxygens (including phenoxy) is 2. The molecule has 1 rings (SSSR count). The maximum atomic E-state index is 11.3. The highest BCUT2D eigenvalue weighted by Crippen LogP contribution is 2.31. The molecule has 15 heavy (non-hydrogen) atoms. The number of hydrogen-bond donors (Lipinski definition) is 1. The maximum Gasteiger partial charge on any atom is 0.407 e. The van der Waals surface area contributed by atoms with Gasteiger partial charge in [0.2, 0.25) is 0 Å². The highest BCUT2D eigenvalue weighted by molar-refractivity contribution is 5.67. The maximum absolute atomic E-state index is 11.3. The molecule has 0 spiro atoms. The number of amides is 1. The summed E-state index contributed by atoms with van der Waals surface area (Å²) in [6.45, 7) is 7.96. The van der Waals surface area contributed by atoms with Crippen LogP contribution in [0.4, 0.5) is 4.79 Å². The van der Waals surface area contributed by atoms with Crippen molar-refractivity contribution >= 4 is 6.09 Å². The van der Waals surface area contributed by atoms with E-state index < -0.39 is 0 Å². The van der Waals surface area contributed by atoms with Crippen molar-refractivity contribution in [3.63, 3.8) is 0 Å². The number of carbonyl (C=O) groups is 1. The van der Waals surface area contributed by atoms with Gasteiger partial charge in [0.25, 0.3) is 0 Å². The van der Waals surface area contributed by atoms with Gasteiger partial charge in [0.1, 0.15) is 6.61 Å². The molecule has 4 heteroatoms. The average Bonchev–Trinajstić information content (AvgIpc) is 2.16. The van der Waals surface area contributed by atoms with Crippen molar-refractivity contribution in [1.29, 1.82) is 0 Å².